The Morgan fingerprint density at radius 3 is 2.56 bits per heavy atom. The number of carbonyl (C=O) groups is 1. The number of anilines is 1. The largest absolute Gasteiger partial charge is 0.508 e. The molecule has 0 spiro atoms. The molecule has 1 atom stereocenters. The summed E-state index contributed by atoms with van der Waals surface area (Å²) in [7, 11) is 0. The van der Waals surface area contributed by atoms with Crippen molar-refractivity contribution in [1.29, 1.82) is 0 Å². The maximum atomic E-state index is 12.0. The number of benzene rings is 1. The average Bonchev–Trinajstić information content (AvgIpc) is 2.50. The SMILES string of the molecule is CCCCCCC(=O)N[C@@H](NC(=S)Nc1cccc(O)c1)C(Cl)(Cl)Cl. The van der Waals surface area contributed by atoms with Crippen molar-refractivity contribution >= 4 is 63.7 Å². The molecule has 0 saturated heterocycles. The van der Waals surface area contributed by atoms with Gasteiger partial charge in [0.1, 0.15) is 11.9 Å². The van der Waals surface area contributed by atoms with Crippen LogP contribution in [-0.4, -0.2) is 26.1 Å². The number of hydrogen-bond acceptors (Lipinski definition) is 3. The van der Waals surface area contributed by atoms with Crippen LogP contribution in [0.15, 0.2) is 24.3 Å². The second kappa shape index (κ2) is 10.9. The topological polar surface area (TPSA) is 73.4 Å². The smallest absolute Gasteiger partial charge is 0.228 e. The van der Waals surface area contributed by atoms with Gasteiger partial charge in [-0.2, -0.15) is 0 Å². The standard InChI is InChI=1S/C16H22Cl3N3O2S/c1-2-3-4-5-9-13(24)21-14(16(17,18)19)22-15(25)20-11-7-6-8-12(23)10-11/h6-8,10,14,23H,2-5,9H2,1H3,(H,21,24)(H2,20,22,25)/t14-/m0/s1. The molecular weight excluding hydrogens is 405 g/mol. The fourth-order valence-electron chi connectivity index (χ4n) is 2.03. The Morgan fingerprint density at radius 2 is 1.96 bits per heavy atom. The van der Waals surface area contributed by atoms with Crippen LogP contribution >= 0.6 is 47.0 Å². The molecule has 0 aliphatic heterocycles. The van der Waals surface area contributed by atoms with E-state index in [1.54, 1.807) is 12.1 Å². The summed E-state index contributed by atoms with van der Waals surface area (Å²) in [5.74, 6) is -0.133. The first-order valence-corrected chi connectivity index (χ1v) is 9.49. The molecule has 0 heterocycles. The number of unbranched alkanes of at least 4 members (excludes halogenated alkanes) is 3. The Kier molecular flexibility index (Phi) is 9.64. The van der Waals surface area contributed by atoms with Crippen molar-refractivity contribution in [2.75, 3.05) is 5.32 Å². The van der Waals surface area contributed by atoms with Crippen LogP contribution in [0.4, 0.5) is 5.69 Å². The van der Waals surface area contributed by atoms with E-state index >= 15 is 0 Å². The van der Waals surface area contributed by atoms with E-state index in [1.165, 1.54) is 12.1 Å². The maximum Gasteiger partial charge on any atom is 0.228 e. The van der Waals surface area contributed by atoms with E-state index in [-0.39, 0.29) is 16.8 Å². The lowest BCUT2D eigenvalue weighted by molar-refractivity contribution is -0.122. The minimum absolute atomic E-state index is 0.0890. The van der Waals surface area contributed by atoms with Crippen LogP contribution in [0.3, 0.4) is 0 Å². The molecule has 0 saturated carbocycles. The second-order valence-corrected chi connectivity index (χ2v) is 8.28. The monoisotopic (exact) mass is 425 g/mol. The van der Waals surface area contributed by atoms with E-state index in [2.05, 4.69) is 22.9 Å². The van der Waals surface area contributed by atoms with Gasteiger partial charge in [0.05, 0.1) is 0 Å². The molecule has 25 heavy (non-hydrogen) atoms. The third-order valence-corrected chi connectivity index (χ3v) is 4.14. The van der Waals surface area contributed by atoms with Crippen molar-refractivity contribution in [1.82, 2.24) is 10.6 Å². The minimum atomic E-state index is -1.79. The summed E-state index contributed by atoms with van der Waals surface area (Å²) in [6.45, 7) is 2.10. The number of phenolic OH excluding ortho intramolecular Hbond substituents is 1. The van der Waals surface area contributed by atoms with Crippen LogP contribution in [0.1, 0.15) is 39.0 Å². The summed E-state index contributed by atoms with van der Waals surface area (Å²) in [6, 6.07) is 6.39. The molecule has 0 bridgehead atoms. The average molecular weight is 427 g/mol. The molecule has 0 fully saturated rings. The van der Waals surface area contributed by atoms with E-state index in [1.807, 2.05) is 0 Å². The molecule has 140 valence electrons. The van der Waals surface area contributed by atoms with Crippen molar-refractivity contribution < 1.29 is 9.90 Å². The van der Waals surface area contributed by atoms with Gasteiger partial charge in [-0.25, -0.2) is 0 Å². The Morgan fingerprint density at radius 1 is 1.24 bits per heavy atom. The molecule has 0 unspecified atom stereocenters. The van der Waals surface area contributed by atoms with E-state index in [0.717, 1.165) is 25.7 Å². The highest BCUT2D eigenvalue weighted by molar-refractivity contribution is 7.80. The van der Waals surface area contributed by atoms with Crippen molar-refractivity contribution in [2.45, 2.75) is 49.0 Å². The molecule has 0 aliphatic carbocycles. The van der Waals surface area contributed by atoms with E-state index in [4.69, 9.17) is 47.0 Å². The number of amides is 1. The second-order valence-electron chi connectivity index (χ2n) is 5.50. The van der Waals surface area contributed by atoms with Gasteiger partial charge in [-0.1, -0.05) is 67.1 Å². The number of phenols is 1. The van der Waals surface area contributed by atoms with Gasteiger partial charge in [0.2, 0.25) is 9.70 Å². The zero-order valence-corrected chi connectivity index (χ0v) is 16.9. The van der Waals surface area contributed by atoms with Crippen molar-refractivity contribution in [3.05, 3.63) is 24.3 Å². The van der Waals surface area contributed by atoms with E-state index in [0.29, 0.717) is 12.1 Å². The molecule has 1 rings (SSSR count). The van der Waals surface area contributed by atoms with Gasteiger partial charge < -0.3 is 21.1 Å². The molecule has 1 aromatic rings. The van der Waals surface area contributed by atoms with Gasteiger partial charge >= 0.3 is 0 Å². The fraction of sp³-hybridized carbons (Fsp3) is 0.500. The van der Waals surface area contributed by atoms with Gasteiger partial charge in [-0.15, -0.1) is 0 Å². The highest BCUT2D eigenvalue weighted by atomic mass is 35.6. The minimum Gasteiger partial charge on any atom is -0.508 e. The number of aromatic hydroxyl groups is 1. The Bertz CT molecular complexity index is 582. The first kappa shape index (κ1) is 22.1. The summed E-state index contributed by atoms with van der Waals surface area (Å²) in [4.78, 5) is 12.0. The van der Waals surface area contributed by atoms with Gasteiger partial charge in [-0.3, -0.25) is 4.79 Å². The predicted molar refractivity (Wildman–Crippen MR) is 108 cm³/mol. The predicted octanol–water partition coefficient (Wildman–Crippen LogP) is 4.46. The lowest BCUT2D eigenvalue weighted by Gasteiger charge is -2.27. The Labute approximate surface area is 168 Å². The quantitative estimate of drug-likeness (QED) is 0.214. The van der Waals surface area contributed by atoms with Crippen LogP contribution in [0, 0.1) is 0 Å². The summed E-state index contributed by atoms with van der Waals surface area (Å²) < 4.78 is -1.79. The highest BCUT2D eigenvalue weighted by Crippen LogP contribution is 2.29. The summed E-state index contributed by atoms with van der Waals surface area (Å²) in [5, 5.41) is 17.9. The van der Waals surface area contributed by atoms with Gasteiger partial charge in [-0.05, 0) is 30.8 Å². The number of thiocarbonyl (C=S) groups is 1. The first-order chi connectivity index (χ1) is 11.7. The van der Waals surface area contributed by atoms with E-state index in [9.17, 15) is 9.90 Å². The molecule has 1 amide bonds. The molecular formula is C16H22Cl3N3O2S. The molecule has 4 N–H and O–H groups in total. The number of alkyl halides is 3. The van der Waals surface area contributed by atoms with Crippen molar-refractivity contribution in [2.24, 2.45) is 0 Å². The zero-order valence-electron chi connectivity index (χ0n) is 13.8. The van der Waals surface area contributed by atoms with Gasteiger partial charge in [0.15, 0.2) is 5.11 Å². The van der Waals surface area contributed by atoms with Gasteiger partial charge in [0.25, 0.3) is 0 Å². The van der Waals surface area contributed by atoms with Crippen LogP contribution in [0.25, 0.3) is 0 Å². The Balaban J connectivity index is 2.57. The lowest BCUT2D eigenvalue weighted by Crippen LogP contribution is -2.56. The maximum absolute atomic E-state index is 12.0. The fourth-order valence-corrected chi connectivity index (χ4v) is 2.59. The third-order valence-electron chi connectivity index (χ3n) is 3.27. The van der Waals surface area contributed by atoms with Crippen molar-refractivity contribution in [3.63, 3.8) is 0 Å². The molecule has 5 nitrogen and oxygen atoms in total. The van der Waals surface area contributed by atoms with Crippen LogP contribution < -0.4 is 16.0 Å². The van der Waals surface area contributed by atoms with Crippen LogP contribution in [-0.2, 0) is 4.79 Å². The number of halogens is 3. The van der Waals surface area contributed by atoms with Crippen LogP contribution in [0.2, 0.25) is 0 Å². The normalized spacial score (nSPS) is 12.3. The number of hydrogen-bond donors (Lipinski definition) is 4. The number of rotatable bonds is 8. The summed E-state index contributed by atoms with van der Waals surface area (Å²) in [6.07, 6.45) is 3.29. The number of nitrogens with one attached hydrogen (secondary N) is 3. The molecule has 0 aromatic heterocycles. The molecule has 0 aliphatic rings. The van der Waals surface area contributed by atoms with Gasteiger partial charge in [0, 0.05) is 18.2 Å². The number of carbonyl (C=O) groups excluding carboxylic acids is 1. The zero-order chi connectivity index (χ0) is 18.9. The highest BCUT2D eigenvalue weighted by Gasteiger charge is 2.34. The van der Waals surface area contributed by atoms with Crippen molar-refractivity contribution in [3.8, 4) is 5.75 Å². The molecule has 1 aromatic carbocycles. The molecule has 0 radical (unpaired) electrons. The van der Waals surface area contributed by atoms with E-state index < -0.39 is 9.96 Å². The van der Waals surface area contributed by atoms with Crippen LogP contribution in [0.5, 0.6) is 5.75 Å². The Hall–Kier alpha value is -0.950. The lowest BCUT2D eigenvalue weighted by atomic mass is 10.1. The molecule has 9 heteroatoms. The summed E-state index contributed by atoms with van der Waals surface area (Å²) in [5.41, 5.74) is 0.562. The third kappa shape index (κ3) is 9.35. The summed E-state index contributed by atoms with van der Waals surface area (Å²) >= 11 is 22.9. The first-order valence-electron chi connectivity index (χ1n) is 7.95.